The van der Waals surface area contributed by atoms with Crippen molar-refractivity contribution >= 4 is 17.8 Å². The minimum Gasteiger partial charge on any atom is -0.497 e. The van der Waals surface area contributed by atoms with Gasteiger partial charge in [-0.15, -0.1) is 0 Å². The van der Waals surface area contributed by atoms with E-state index in [1.165, 1.54) is 53.2 Å². The summed E-state index contributed by atoms with van der Waals surface area (Å²) in [6.07, 6.45) is 15.8. The van der Waals surface area contributed by atoms with Crippen LogP contribution in [-0.2, 0) is 0 Å². The number of methoxy groups -OCH3 is 1. The molecule has 1 aromatic rings. The summed E-state index contributed by atoms with van der Waals surface area (Å²) in [7, 11) is 1.73. The second kappa shape index (κ2) is 6.48. The molecule has 0 saturated heterocycles. The van der Waals surface area contributed by atoms with Crippen LogP contribution in [-0.4, -0.2) is 13.2 Å². The summed E-state index contributed by atoms with van der Waals surface area (Å²) in [4.78, 5) is 1.42. The van der Waals surface area contributed by atoms with Crippen molar-refractivity contribution in [3.63, 3.8) is 0 Å². The van der Waals surface area contributed by atoms with Crippen LogP contribution < -0.4 is 10.1 Å². The van der Waals surface area contributed by atoms with Crippen LogP contribution in [0.25, 0.3) is 6.08 Å². The molecule has 0 radical (unpaired) electrons. The lowest BCUT2D eigenvalue weighted by atomic mass is 9.94. The Balaban J connectivity index is 1.59. The van der Waals surface area contributed by atoms with Crippen LogP contribution in [0.4, 0.5) is 0 Å². The average molecular weight is 325 g/mol. The molecule has 1 aliphatic heterocycles. The maximum Gasteiger partial charge on any atom is 0.119 e. The van der Waals surface area contributed by atoms with Crippen molar-refractivity contribution in [1.82, 2.24) is 5.32 Å². The zero-order chi connectivity index (χ0) is 15.6. The number of hydrogen-bond donors (Lipinski definition) is 1. The number of hydrogen-bond acceptors (Lipinski definition) is 3. The average Bonchev–Trinajstić information content (AvgIpc) is 2.90. The van der Waals surface area contributed by atoms with Crippen molar-refractivity contribution in [2.24, 2.45) is 0 Å². The van der Waals surface area contributed by atoms with Gasteiger partial charge in [0.25, 0.3) is 0 Å². The van der Waals surface area contributed by atoms with Gasteiger partial charge in [-0.1, -0.05) is 55.3 Å². The molecule has 1 saturated carbocycles. The molecule has 1 unspecified atom stereocenters. The second-order valence-electron chi connectivity index (χ2n) is 6.51. The van der Waals surface area contributed by atoms with Gasteiger partial charge in [-0.25, -0.2) is 0 Å². The molecule has 3 heteroatoms. The van der Waals surface area contributed by atoms with E-state index >= 15 is 0 Å². The van der Waals surface area contributed by atoms with Gasteiger partial charge in [0.2, 0.25) is 0 Å². The number of benzene rings is 1. The topological polar surface area (TPSA) is 21.3 Å². The fourth-order valence-electron chi connectivity index (χ4n) is 3.72. The highest BCUT2D eigenvalue weighted by Gasteiger charge is 2.27. The summed E-state index contributed by atoms with van der Waals surface area (Å²) in [6.45, 7) is 0. The molecule has 0 aromatic heterocycles. The van der Waals surface area contributed by atoms with E-state index in [1.807, 2.05) is 11.8 Å². The van der Waals surface area contributed by atoms with Crippen LogP contribution >= 0.6 is 11.8 Å². The summed E-state index contributed by atoms with van der Waals surface area (Å²) in [5.74, 6) is 1.30. The number of rotatable bonds is 3. The van der Waals surface area contributed by atoms with Gasteiger partial charge in [0.15, 0.2) is 0 Å². The molecular formula is C20H23NOS. The van der Waals surface area contributed by atoms with Gasteiger partial charge in [0.05, 0.1) is 12.1 Å². The number of allylic oxidation sites excluding steroid dienone is 4. The second-order valence-corrected chi connectivity index (χ2v) is 7.63. The molecule has 0 spiro atoms. The van der Waals surface area contributed by atoms with Crippen molar-refractivity contribution in [2.45, 2.75) is 44.1 Å². The summed E-state index contributed by atoms with van der Waals surface area (Å²) in [5.41, 5.74) is 2.63. The number of nitrogens with one attached hydrogen (secondary N) is 1. The fourth-order valence-corrected chi connectivity index (χ4v) is 4.87. The zero-order valence-electron chi connectivity index (χ0n) is 13.5. The molecule has 0 amide bonds. The van der Waals surface area contributed by atoms with E-state index in [9.17, 15) is 0 Å². The normalized spacial score (nSPS) is 23.4. The first-order chi connectivity index (χ1) is 11.3. The van der Waals surface area contributed by atoms with Crippen molar-refractivity contribution in [1.29, 1.82) is 0 Å². The summed E-state index contributed by atoms with van der Waals surface area (Å²) in [6, 6.07) is 7.08. The Morgan fingerprint density at radius 2 is 2.04 bits per heavy atom. The highest BCUT2D eigenvalue weighted by molar-refractivity contribution is 8.07. The van der Waals surface area contributed by atoms with E-state index in [4.69, 9.17) is 4.74 Å². The van der Waals surface area contributed by atoms with Crippen LogP contribution in [0.5, 0.6) is 5.75 Å². The molecular weight excluding hydrogens is 302 g/mol. The Morgan fingerprint density at radius 1 is 1.17 bits per heavy atom. The molecule has 1 fully saturated rings. The van der Waals surface area contributed by atoms with E-state index in [2.05, 4.69) is 47.8 Å². The molecule has 2 nitrogen and oxygen atoms in total. The molecule has 0 bridgehead atoms. The summed E-state index contributed by atoms with van der Waals surface area (Å²) < 4.78 is 5.37. The van der Waals surface area contributed by atoms with Crippen molar-refractivity contribution in [3.8, 4) is 5.75 Å². The Hall–Kier alpha value is -1.61. The van der Waals surface area contributed by atoms with Crippen molar-refractivity contribution in [3.05, 3.63) is 57.5 Å². The van der Waals surface area contributed by atoms with Crippen molar-refractivity contribution < 1.29 is 4.74 Å². The van der Waals surface area contributed by atoms with Gasteiger partial charge in [0.1, 0.15) is 5.75 Å². The lowest BCUT2D eigenvalue weighted by molar-refractivity contribution is 0.402. The largest absolute Gasteiger partial charge is 0.497 e. The van der Waals surface area contributed by atoms with Crippen LogP contribution in [0, 0.1) is 0 Å². The number of fused-ring (bicyclic) bond motifs is 3. The third kappa shape index (κ3) is 3.07. The quantitative estimate of drug-likeness (QED) is 0.825. The molecule has 120 valence electrons. The lowest BCUT2D eigenvalue weighted by Crippen LogP contribution is -2.28. The standard InChI is InChI=1S/C20H23NOS/c1-22-16-10-11-17-14(12-16)6-5-9-19-18(17)13-20(23-19)21-15-7-3-2-4-8-15/h5-6,9-13,15,18,21H,2-4,7-8H2,1H3. The zero-order valence-corrected chi connectivity index (χ0v) is 14.4. The Labute approximate surface area is 142 Å². The third-order valence-corrected chi connectivity index (χ3v) is 6.07. The monoisotopic (exact) mass is 325 g/mol. The van der Waals surface area contributed by atoms with Gasteiger partial charge in [-0.2, -0.15) is 0 Å². The first kappa shape index (κ1) is 14.9. The predicted octanol–water partition coefficient (Wildman–Crippen LogP) is 5.20. The van der Waals surface area contributed by atoms with Gasteiger partial charge in [-0.3, -0.25) is 0 Å². The van der Waals surface area contributed by atoms with Crippen molar-refractivity contribution in [2.75, 3.05) is 7.11 Å². The molecule has 2 aliphatic carbocycles. The lowest BCUT2D eigenvalue weighted by Gasteiger charge is -2.23. The summed E-state index contributed by atoms with van der Waals surface area (Å²) >= 11 is 1.90. The van der Waals surface area contributed by atoms with E-state index in [0.717, 1.165) is 5.75 Å². The molecule has 1 atom stereocenters. The van der Waals surface area contributed by atoms with Crippen LogP contribution in [0.15, 0.2) is 46.4 Å². The molecule has 1 aromatic carbocycles. The maximum atomic E-state index is 5.37. The number of thioether (sulfide) groups is 1. The Kier molecular flexibility index (Phi) is 4.21. The van der Waals surface area contributed by atoms with Gasteiger partial charge in [0, 0.05) is 16.9 Å². The van der Waals surface area contributed by atoms with Gasteiger partial charge >= 0.3 is 0 Å². The van der Waals surface area contributed by atoms with Crippen LogP contribution in [0.3, 0.4) is 0 Å². The van der Waals surface area contributed by atoms with E-state index < -0.39 is 0 Å². The highest BCUT2D eigenvalue weighted by atomic mass is 32.2. The third-order valence-electron chi connectivity index (χ3n) is 4.97. The van der Waals surface area contributed by atoms with E-state index in [-0.39, 0.29) is 0 Å². The minimum absolute atomic E-state index is 0.377. The van der Waals surface area contributed by atoms with Gasteiger partial charge < -0.3 is 10.1 Å². The Morgan fingerprint density at radius 3 is 2.87 bits per heavy atom. The van der Waals surface area contributed by atoms with E-state index in [0.29, 0.717) is 12.0 Å². The van der Waals surface area contributed by atoms with Gasteiger partial charge in [-0.05, 0) is 42.2 Å². The summed E-state index contributed by atoms with van der Waals surface area (Å²) in [5, 5.41) is 5.12. The minimum atomic E-state index is 0.377. The molecule has 23 heavy (non-hydrogen) atoms. The Bertz CT molecular complexity index is 683. The van der Waals surface area contributed by atoms with Crippen LogP contribution in [0.2, 0.25) is 0 Å². The molecule has 4 rings (SSSR count). The highest BCUT2D eigenvalue weighted by Crippen LogP contribution is 2.47. The maximum absolute atomic E-state index is 5.37. The molecule has 1 N–H and O–H groups in total. The first-order valence-corrected chi connectivity index (χ1v) is 9.37. The molecule has 1 heterocycles. The SMILES string of the molecule is COc1ccc2c(c1)C=CC=C1SC(NC3CCCCC3)=CC12. The fraction of sp³-hybridized carbons (Fsp3) is 0.400. The molecule has 3 aliphatic rings. The predicted molar refractivity (Wildman–Crippen MR) is 98.5 cm³/mol. The smallest absolute Gasteiger partial charge is 0.119 e. The van der Waals surface area contributed by atoms with Crippen LogP contribution in [0.1, 0.15) is 49.1 Å². The first-order valence-electron chi connectivity index (χ1n) is 8.56. The number of ether oxygens (including phenoxy) is 1. The van der Waals surface area contributed by atoms with E-state index in [1.54, 1.807) is 7.11 Å².